The second-order valence-electron chi connectivity index (χ2n) is 4.96. The molecule has 1 aromatic carbocycles. The highest BCUT2D eigenvalue weighted by Crippen LogP contribution is 2.31. The van der Waals surface area contributed by atoms with Crippen molar-refractivity contribution in [1.82, 2.24) is 9.88 Å². The number of hydrogen-bond acceptors (Lipinski definition) is 4. The van der Waals surface area contributed by atoms with Crippen LogP contribution in [0, 0.1) is 6.92 Å². The van der Waals surface area contributed by atoms with Gasteiger partial charge in [0.1, 0.15) is 17.4 Å². The van der Waals surface area contributed by atoms with Gasteiger partial charge < -0.3 is 9.64 Å². The smallest absolute Gasteiger partial charge is 0.146 e. The molecule has 0 spiro atoms. The molecule has 18 heavy (non-hydrogen) atoms. The number of fused-ring (bicyclic) bond motifs is 1. The lowest BCUT2D eigenvalue weighted by Gasteiger charge is -2.29. The minimum absolute atomic E-state index is 0.341. The van der Waals surface area contributed by atoms with E-state index in [1.54, 1.807) is 11.3 Å². The quantitative estimate of drug-likeness (QED) is 0.831. The molecule has 0 aliphatic carbocycles. The first-order chi connectivity index (χ1) is 8.72. The van der Waals surface area contributed by atoms with Crippen LogP contribution in [0.25, 0.3) is 10.2 Å². The van der Waals surface area contributed by atoms with Gasteiger partial charge in [-0.3, -0.25) is 0 Å². The van der Waals surface area contributed by atoms with E-state index in [1.165, 1.54) is 4.70 Å². The number of para-hydroxylation sites is 1. The summed E-state index contributed by atoms with van der Waals surface area (Å²) in [6.07, 6.45) is 2.56. The van der Waals surface area contributed by atoms with E-state index in [0.717, 1.165) is 42.2 Å². The molecule has 4 heteroatoms. The van der Waals surface area contributed by atoms with Crippen molar-refractivity contribution in [3.8, 4) is 5.75 Å². The molecule has 0 bridgehead atoms. The number of piperidine rings is 1. The van der Waals surface area contributed by atoms with Crippen LogP contribution in [-0.4, -0.2) is 36.1 Å². The number of thiazole rings is 1. The molecule has 96 valence electrons. The molecule has 2 aromatic rings. The average molecular weight is 262 g/mol. The molecule has 0 radical (unpaired) electrons. The van der Waals surface area contributed by atoms with E-state index in [1.807, 2.05) is 13.0 Å². The van der Waals surface area contributed by atoms with Gasteiger partial charge in [-0.15, -0.1) is 11.3 Å². The maximum Gasteiger partial charge on any atom is 0.146 e. The SMILES string of the molecule is Cc1nc2c(OC3CCN(C)CC3)cccc2s1. The number of ether oxygens (including phenoxy) is 1. The summed E-state index contributed by atoms with van der Waals surface area (Å²) in [4.78, 5) is 6.93. The van der Waals surface area contributed by atoms with Crippen molar-refractivity contribution in [2.24, 2.45) is 0 Å². The molecule has 1 aromatic heterocycles. The molecule has 0 amide bonds. The molecule has 0 saturated carbocycles. The Kier molecular flexibility index (Phi) is 3.22. The Labute approximate surface area is 111 Å². The number of aryl methyl sites for hydroxylation is 1. The van der Waals surface area contributed by atoms with E-state index in [0.29, 0.717) is 6.10 Å². The van der Waals surface area contributed by atoms with Crippen LogP contribution < -0.4 is 4.74 Å². The zero-order valence-corrected chi connectivity index (χ0v) is 11.7. The molecule has 1 saturated heterocycles. The van der Waals surface area contributed by atoms with E-state index in [-0.39, 0.29) is 0 Å². The van der Waals surface area contributed by atoms with Crippen LogP contribution in [0.2, 0.25) is 0 Å². The minimum atomic E-state index is 0.341. The number of nitrogens with zero attached hydrogens (tertiary/aromatic N) is 2. The third-order valence-electron chi connectivity index (χ3n) is 3.45. The van der Waals surface area contributed by atoms with Gasteiger partial charge in [0.05, 0.1) is 9.71 Å². The van der Waals surface area contributed by atoms with Gasteiger partial charge in [-0.1, -0.05) is 6.07 Å². The van der Waals surface area contributed by atoms with Crippen LogP contribution in [0.15, 0.2) is 18.2 Å². The van der Waals surface area contributed by atoms with Crippen LogP contribution in [0.5, 0.6) is 5.75 Å². The van der Waals surface area contributed by atoms with Gasteiger partial charge in [0.15, 0.2) is 0 Å². The molecule has 3 nitrogen and oxygen atoms in total. The Morgan fingerprint density at radius 1 is 1.33 bits per heavy atom. The number of aromatic nitrogens is 1. The largest absolute Gasteiger partial charge is 0.488 e. The first kappa shape index (κ1) is 11.9. The Morgan fingerprint density at radius 2 is 2.11 bits per heavy atom. The Bertz CT molecular complexity index is 544. The maximum atomic E-state index is 6.15. The second-order valence-corrected chi connectivity index (χ2v) is 6.19. The number of rotatable bonds is 2. The molecule has 0 unspecified atom stereocenters. The summed E-state index contributed by atoms with van der Waals surface area (Å²) in [6, 6.07) is 6.21. The van der Waals surface area contributed by atoms with Crippen LogP contribution in [0.1, 0.15) is 17.8 Å². The molecular weight excluding hydrogens is 244 g/mol. The Hall–Kier alpha value is -1.13. The molecular formula is C14H18N2OS. The van der Waals surface area contributed by atoms with Gasteiger partial charge in [0.2, 0.25) is 0 Å². The number of likely N-dealkylation sites (tertiary alicyclic amines) is 1. The maximum absolute atomic E-state index is 6.15. The highest BCUT2D eigenvalue weighted by molar-refractivity contribution is 7.18. The van der Waals surface area contributed by atoms with Crippen molar-refractivity contribution >= 4 is 21.6 Å². The zero-order valence-electron chi connectivity index (χ0n) is 10.8. The Balaban J connectivity index is 1.82. The number of benzene rings is 1. The fourth-order valence-electron chi connectivity index (χ4n) is 2.41. The molecule has 1 fully saturated rings. The standard InChI is InChI=1S/C14H18N2OS/c1-10-15-14-12(4-3-5-13(14)18-10)17-11-6-8-16(2)9-7-11/h3-5,11H,6-9H2,1-2H3. The summed E-state index contributed by atoms with van der Waals surface area (Å²) < 4.78 is 7.37. The van der Waals surface area contributed by atoms with E-state index in [2.05, 4.69) is 29.1 Å². The zero-order chi connectivity index (χ0) is 12.5. The first-order valence-corrected chi connectivity index (χ1v) is 7.25. The lowest BCUT2D eigenvalue weighted by Crippen LogP contribution is -2.35. The summed E-state index contributed by atoms with van der Waals surface area (Å²) in [6.45, 7) is 4.29. The fraction of sp³-hybridized carbons (Fsp3) is 0.500. The Morgan fingerprint density at radius 3 is 2.89 bits per heavy atom. The lowest BCUT2D eigenvalue weighted by molar-refractivity contribution is 0.115. The summed E-state index contributed by atoms with van der Waals surface area (Å²) in [5.41, 5.74) is 1.03. The molecule has 1 aliphatic rings. The van der Waals surface area contributed by atoms with Crippen molar-refractivity contribution in [2.75, 3.05) is 20.1 Å². The van der Waals surface area contributed by atoms with Crippen molar-refractivity contribution in [3.05, 3.63) is 23.2 Å². The number of hydrogen-bond donors (Lipinski definition) is 0. The van der Waals surface area contributed by atoms with Gasteiger partial charge >= 0.3 is 0 Å². The predicted octanol–water partition coefficient (Wildman–Crippen LogP) is 3.08. The van der Waals surface area contributed by atoms with Crippen molar-refractivity contribution in [3.63, 3.8) is 0 Å². The molecule has 1 aliphatic heterocycles. The molecule has 3 rings (SSSR count). The third kappa shape index (κ3) is 2.35. The topological polar surface area (TPSA) is 25.4 Å². The highest BCUT2D eigenvalue weighted by atomic mass is 32.1. The summed E-state index contributed by atoms with van der Waals surface area (Å²) in [5, 5.41) is 1.10. The molecule has 0 N–H and O–H groups in total. The normalized spacial score (nSPS) is 18.3. The van der Waals surface area contributed by atoms with Gasteiger partial charge in [-0.25, -0.2) is 4.98 Å². The first-order valence-electron chi connectivity index (χ1n) is 6.44. The van der Waals surface area contributed by atoms with Crippen molar-refractivity contribution < 1.29 is 4.74 Å². The van der Waals surface area contributed by atoms with Crippen LogP contribution in [0.4, 0.5) is 0 Å². The molecule has 2 heterocycles. The van der Waals surface area contributed by atoms with Crippen LogP contribution in [0.3, 0.4) is 0 Å². The predicted molar refractivity (Wildman–Crippen MR) is 75.5 cm³/mol. The fourth-order valence-corrected chi connectivity index (χ4v) is 3.26. The van der Waals surface area contributed by atoms with Gasteiger partial charge in [-0.05, 0) is 38.9 Å². The van der Waals surface area contributed by atoms with Crippen LogP contribution in [-0.2, 0) is 0 Å². The second kappa shape index (κ2) is 4.86. The van der Waals surface area contributed by atoms with E-state index < -0.39 is 0 Å². The summed E-state index contributed by atoms with van der Waals surface area (Å²) in [5.74, 6) is 0.950. The van der Waals surface area contributed by atoms with Crippen LogP contribution >= 0.6 is 11.3 Å². The third-order valence-corrected chi connectivity index (χ3v) is 4.38. The van der Waals surface area contributed by atoms with E-state index in [4.69, 9.17) is 4.74 Å². The van der Waals surface area contributed by atoms with E-state index in [9.17, 15) is 0 Å². The summed E-state index contributed by atoms with van der Waals surface area (Å²) >= 11 is 1.73. The lowest BCUT2D eigenvalue weighted by atomic mass is 10.1. The van der Waals surface area contributed by atoms with Gasteiger partial charge in [0.25, 0.3) is 0 Å². The minimum Gasteiger partial charge on any atom is -0.488 e. The van der Waals surface area contributed by atoms with Crippen molar-refractivity contribution in [1.29, 1.82) is 0 Å². The van der Waals surface area contributed by atoms with Gasteiger partial charge in [0, 0.05) is 13.1 Å². The summed E-state index contributed by atoms with van der Waals surface area (Å²) in [7, 11) is 2.17. The van der Waals surface area contributed by atoms with Gasteiger partial charge in [-0.2, -0.15) is 0 Å². The monoisotopic (exact) mass is 262 g/mol. The average Bonchev–Trinajstić information content (AvgIpc) is 2.73. The van der Waals surface area contributed by atoms with E-state index >= 15 is 0 Å². The highest BCUT2D eigenvalue weighted by Gasteiger charge is 2.19. The molecule has 0 atom stereocenters. The van der Waals surface area contributed by atoms with Crippen molar-refractivity contribution in [2.45, 2.75) is 25.9 Å².